The molecule has 0 fully saturated rings. The molecule has 1 aliphatic carbocycles. The van der Waals surface area contributed by atoms with Gasteiger partial charge in [0.1, 0.15) is 0 Å². The van der Waals surface area contributed by atoms with Gasteiger partial charge in [-0.25, -0.2) is 0 Å². The molecule has 6 nitrogen and oxygen atoms in total. The predicted molar refractivity (Wildman–Crippen MR) is 94.2 cm³/mol. The second kappa shape index (κ2) is 8.27. The van der Waals surface area contributed by atoms with Gasteiger partial charge in [0.15, 0.2) is 5.69 Å². The number of amides is 1. The maximum atomic E-state index is 12.6. The molecule has 0 saturated heterocycles. The van der Waals surface area contributed by atoms with Crippen LogP contribution in [0.5, 0.6) is 0 Å². The van der Waals surface area contributed by atoms with Crippen molar-refractivity contribution >= 4 is 5.91 Å². The van der Waals surface area contributed by atoms with Crippen LogP contribution in [0.4, 0.5) is 0 Å². The molecule has 1 amide bonds. The highest BCUT2D eigenvalue weighted by atomic mass is 16.3. The Morgan fingerprint density at radius 1 is 1.20 bits per heavy atom. The van der Waals surface area contributed by atoms with Gasteiger partial charge in [-0.15, -0.1) is 0 Å². The van der Waals surface area contributed by atoms with Gasteiger partial charge in [0.25, 0.3) is 5.91 Å². The highest BCUT2D eigenvalue weighted by Crippen LogP contribution is 2.22. The summed E-state index contributed by atoms with van der Waals surface area (Å²) in [6.07, 6.45) is 4.61. The van der Waals surface area contributed by atoms with Crippen molar-refractivity contribution in [2.75, 3.05) is 6.61 Å². The predicted octanol–water partition coefficient (Wildman–Crippen LogP) is 1.89. The van der Waals surface area contributed by atoms with E-state index in [1.54, 1.807) is 0 Å². The van der Waals surface area contributed by atoms with Gasteiger partial charge in [-0.1, -0.05) is 36.8 Å². The SMILES string of the molecule is O=C(N[C@H](CO)C[C@@H](O)c1ccccc1)c1n[nH]c2c1CCCCC2. The lowest BCUT2D eigenvalue weighted by Gasteiger charge is -2.20. The minimum Gasteiger partial charge on any atom is -0.394 e. The molecule has 4 N–H and O–H groups in total. The molecule has 1 aromatic carbocycles. The van der Waals surface area contributed by atoms with E-state index in [1.165, 1.54) is 0 Å². The molecule has 3 rings (SSSR count). The van der Waals surface area contributed by atoms with Crippen LogP contribution in [0.2, 0.25) is 0 Å². The Balaban J connectivity index is 1.65. The van der Waals surface area contributed by atoms with Gasteiger partial charge >= 0.3 is 0 Å². The molecule has 0 radical (unpaired) electrons. The maximum absolute atomic E-state index is 12.6. The molecule has 1 aliphatic rings. The van der Waals surface area contributed by atoms with E-state index >= 15 is 0 Å². The summed E-state index contributed by atoms with van der Waals surface area (Å²) in [5.41, 5.74) is 3.23. The zero-order valence-corrected chi connectivity index (χ0v) is 14.2. The second-order valence-corrected chi connectivity index (χ2v) is 6.61. The van der Waals surface area contributed by atoms with Crippen molar-refractivity contribution in [2.45, 2.75) is 50.7 Å². The van der Waals surface area contributed by atoms with Crippen LogP contribution in [-0.4, -0.2) is 39.0 Å². The van der Waals surface area contributed by atoms with E-state index < -0.39 is 12.1 Å². The lowest BCUT2D eigenvalue weighted by atomic mass is 10.0. The number of carbonyl (C=O) groups excluding carboxylic acids is 1. The number of aliphatic hydroxyl groups is 2. The van der Waals surface area contributed by atoms with E-state index in [1.807, 2.05) is 30.3 Å². The number of rotatable bonds is 6. The van der Waals surface area contributed by atoms with Gasteiger partial charge in [-0.05, 0) is 37.7 Å². The van der Waals surface area contributed by atoms with Gasteiger partial charge < -0.3 is 15.5 Å². The Morgan fingerprint density at radius 2 is 1.96 bits per heavy atom. The number of aliphatic hydroxyl groups excluding tert-OH is 2. The fourth-order valence-corrected chi connectivity index (χ4v) is 3.36. The second-order valence-electron chi connectivity index (χ2n) is 6.61. The monoisotopic (exact) mass is 343 g/mol. The van der Waals surface area contributed by atoms with E-state index in [4.69, 9.17) is 0 Å². The average Bonchev–Trinajstić information content (AvgIpc) is 2.90. The summed E-state index contributed by atoms with van der Waals surface area (Å²) in [5.74, 6) is -0.293. The van der Waals surface area contributed by atoms with Crippen molar-refractivity contribution in [3.63, 3.8) is 0 Å². The van der Waals surface area contributed by atoms with Crippen molar-refractivity contribution in [1.82, 2.24) is 15.5 Å². The average molecular weight is 343 g/mol. The molecule has 1 aromatic heterocycles. The smallest absolute Gasteiger partial charge is 0.272 e. The van der Waals surface area contributed by atoms with Crippen molar-refractivity contribution in [1.29, 1.82) is 0 Å². The summed E-state index contributed by atoms with van der Waals surface area (Å²) in [5, 5.41) is 29.9. The topological polar surface area (TPSA) is 98.2 Å². The number of hydrogen-bond donors (Lipinski definition) is 4. The summed E-state index contributed by atoms with van der Waals surface area (Å²) in [7, 11) is 0. The van der Waals surface area contributed by atoms with Crippen LogP contribution < -0.4 is 5.32 Å². The fraction of sp³-hybridized carbons (Fsp3) is 0.474. The summed E-state index contributed by atoms with van der Waals surface area (Å²) < 4.78 is 0. The van der Waals surface area contributed by atoms with Crippen LogP contribution in [-0.2, 0) is 12.8 Å². The standard InChI is InChI=1S/C19H25N3O3/c23-12-14(11-17(24)13-7-3-1-4-8-13)20-19(25)18-15-9-5-2-6-10-16(15)21-22-18/h1,3-4,7-8,14,17,23-24H,2,5-6,9-12H2,(H,20,25)(H,21,22)/t14-,17+/m0/s1. The number of benzene rings is 1. The molecule has 2 aromatic rings. The number of nitrogens with one attached hydrogen (secondary N) is 2. The van der Waals surface area contributed by atoms with Gasteiger partial charge in [0.05, 0.1) is 18.8 Å². The summed E-state index contributed by atoms with van der Waals surface area (Å²) >= 11 is 0. The van der Waals surface area contributed by atoms with Crippen LogP contribution in [0.1, 0.15) is 59.1 Å². The van der Waals surface area contributed by atoms with Crippen molar-refractivity contribution in [3.8, 4) is 0 Å². The minimum atomic E-state index is -0.741. The first-order valence-corrected chi connectivity index (χ1v) is 8.90. The normalized spacial score (nSPS) is 16.6. The van der Waals surface area contributed by atoms with E-state index in [2.05, 4.69) is 15.5 Å². The van der Waals surface area contributed by atoms with Crippen LogP contribution in [0.25, 0.3) is 0 Å². The fourth-order valence-electron chi connectivity index (χ4n) is 3.36. The van der Waals surface area contributed by atoms with E-state index in [-0.39, 0.29) is 18.9 Å². The first-order valence-electron chi connectivity index (χ1n) is 8.90. The Bertz CT molecular complexity index is 699. The van der Waals surface area contributed by atoms with Crippen LogP contribution in [0.3, 0.4) is 0 Å². The first kappa shape index (κ1) is 17.6. The Labute approximate surface area is 147 Å². The highest BCUT2D eigenvalue weighted by molar-refractivity contribution is 5.94. The molecular formula is C19H25N3O3. The molecular weight excluding hydrogens is 318 g/mol. The van der Waals surface area contributed by atoms with Crippen molar-refractivity contribution in [2.24, 2.45) is 0 Å². The number of nitrogens with zero attached hydrogens (tertiary/aromatic N) is 1. The number of aryl methyl sites for hydroxylation is 1. The van der Waals surface area contributed by atoms with Gasteiger partial charge in [0, 0.05) is 11.3 Å². The van der Waals surface area contributed by atoms with Crippen LogP contribution in [0, 0.1) is 0 Å². The Hall–Kier alpha value is -2.18. The van der Waals surface area contributed by atoms with Crippen LogP contribution in [0.15, 0.2) is 30.3 Å². The zero-order chi connectivity index (χ0) is 17.6. The summed E-state index contributed by atoms with van der Waals surface area (Å²) in [6.45, 7) is -0.234. The molecule has 0 aliphatic heterocycles. The number of aromatic amines is 1. The minimum absolute atomic E-state index is 0.234. The zero-order valence-electron chi connectivity index (χ0n) is 14.2. The number of carbonyl (C=O) groups is 1. The van der Waals surface area contributed by atoms with E-state index in [0.717, 1.165) is 48.9 Å². The summed E-state index contributed by atoms with van der Waals surface area (Å²) in [4.78, 5) is 12.6. The molecule has 2 atom stereocenters. The first-order chi connectivity index (χ1) is 12.2. The number of H-pyrrole nitrogens is 1. The number of aromatic nitrogens is 2. The van der Waals surface area contributed by atoms with Crippen molar-refractivity contribution in [3.05, 3.63) is 52.8 Å². The van der Waals surface area contributed by atoms with Crippen molar-refractivity contribution < 1.29 is 15.0 Å². The molecule has 134 valence electrons. The summed E-state index contributed by atoms with van der Waals surface area (Å²) in [6, 6.07) is 8.71. The largest absolute Gasteiger partial charge is 0.394 e. The third-order valence-electron chi connectivity index (χ3n) is 4.77. The number of fused-ring (bicyclic) bond motifs is 1. The Kier molecular flexibility index (Phi) is 5.83. The van der Waals surface area contributed by atoms with Gasteiger partial charge in [0.2, 0.25) is 0 Å². The maximum Gasteiger partial charge on any atom is 0.272 e. The van der Waals surface area contributed by atoms with E-state index in [0.29, 0.717) is 5.69 Å². The quantitative estimate of drug-likeness (QED) is 0.602. The Morgan fingerprint density at radius 3 is 2.72 bits per heavy atom. The molecule has 0 unspecified atom stereocenters. The molecule has 25 heavy (non-hydrogen) atoms. The molecule has 0 spiro atoms. The van der Waals surface area contributed by atoms with Crippen LogP contribution >= 0.6 is 0 Å². The molecule has 6 heteroatoms. The third-order valence-corrected chi connectivity index (χ3v) is 4.77. The highest BCUT2D eigenvalue weighted by Gasteiger charge is 2.24. The number of hydrogen-bond acceptors (Lipinski definition) is 4. The lowest BCUT2D eigenvalue weighted by molar-refractivity contribution is 0.0860. The molecule has 0 saturated carbocycles. The van der Waals surface area contributed by atoms with Gasteiger partial charge in [-0.3, -0.25) is 9.89 Å². The van der Waals surface area contributed by atoms with E-state index in [9.17, 15) is 15.0 Å². The third kappa shape index (κ3) is 4.27. The lowest BCUT2D eigenvalue weighted by Crippen LogP contribution is -2.39. The molecule has 0 bridgehead atoms. The molecule has 1 heterocycles. The van der Waals surface area contributed by atoms with Gasteiger partial charge in [-0.2, -0.15) is 5.10 Å².